The van der Waals surface area contributed by atoms with E-state index in [9.17, 15) is 9.18 Å². The van der Waals surface area contributed by atoms with E-state index in [1.165, 1.54) is 0 Å². The van der Waals surface area contributed by atoms with Gasteiger partial charge in [0.25, 0.3) is 5.91 Å². The summed E-state index contributed by atoms with van der Waals surface area (Å²) in [6.45, 7) is 0. The summed E-state index contributed by atoms with van der Waals surface area (Å²) in [5.41, 5.74) is 2.28. The Bertz CT molecular complexity index is 966. The Kier molecular flexibility index (Phi) is 5.50. The van der Waals surface area contributed by atoms with Crippen LogP contribution >= 0.6 is 0 Å². The Balaban J connectivity index is 1.32. The quantitative estimate of drug-likeness (QED) is 0.718. The van der Waals surface area contributed by atoms with Crippen molar-refractivity contribution in [3.8, 4) is 17.3 Å². The molecule has 1 fully saturated rings. The second kappa shape index (κ2) is 8.38. The van der Waals surface area contributed by atoms with Crippen LogP contribution < -0.4 is 10.1 Å². The van der Waals surface area contributed by atoms with Gasteiger partial charge in [0, 0.05) is 18.7 Å². The highest BCUT2D eigenvalue weighted by atomic mass is 19.1. The van der Waals surface area contributed by atoms with Gasteiger partial charge in [-0.15, -0.1) is 0 Å². The molecule has 0 radical (unpaired) electrons. The van der Waals surface area contributed by atoms with Crippen LogP contribution in [0.5, 0.6) is 6.01 Å². The fourth-order valence-corrected chi connectivity index (χ4v) is 3.52. The number of benzene rings is 1. The predicted octanol–water partition coefficient (Wildman–Crippen LogP) is 3.14. The number of nitrogens with one attached hydrogen (secondary N) is 1. The number of halogens is 1. The maximum absolute atomic E-state index is 12.9. The summed E-state index contributed by atoms with van der Waals surface area (Å²) in [6, 6.07) is 11.8. The zero-order chi connectivity index (χ0) is 20.2. The Labute approximate surface area is 167 Å². The van der Waals surface area contributed by atoms with Crippen LogP contribution in [0.25, 0.3) is 11.3 Å². The van der Waals surface area contributed by atoms with Crippen molar-refractivity contribution in [3.63, 3.8) is 0 Å². The molecule has 0 unspecified atom stereocenters. The molecule has 0 aliphatic heterocycles. The van der Waals surface area contributed by atoms with Crippen LogP contribution in [0.1, 0.15) is 36.2 Å². The number of amides is 1. The second-order valence-corrected chi connectivity index (χ2v) is 7.15. The molecule has 1 aromatic carbocycles. The summed E-state index contributed by atoms with van der Waals surface area (Å²) in [6.07, 6.45) is 5.27. The SMILES string of the molecule is Cn1nc(-c2ccccc2)cc1C(=O)NC1CCC(Oc2ncc(F)cn2)CC1. The zero-order valence-electron chi connectivity index (χ0n) is 16.1. The highest BCUT2D eigenvalue weighted by molar-refractivity contribution is 5.93. The fourth-order valence-electron chi connectivity index (χ4n) is 3.52. The van der Waals surface area contributed by atoms with Gasteiger partial charge in [0.1, 0.15) is 11.8 Å². The average molecular weight is 395 g/mol. The summed E-state index contributed by atoms with van der Waals surface area (Å²) in [5.74, 6) is -0.622. The number of aromatic nitrogens is 4. The molecule has 3 aromatic rings. The second-order valence-electron chi connectivity index (χ2n) is 7.15. The van der Waals surface area contributed by atoms with Crippen molar-refractivity contribution in [2.45, 2.75) is 37.8 Å². The fraction of sp³-hybridized carbons (Fsp3) is 0.333. The highest BCUT2D eigenvalue weighted by Gasteiger charge is 2.25. The van der Waals surface area contributed by atoms with E-state index in [-0.39, 0.29) is 24.1 Å². The van der Waals surface area contributed by atoms with Crippen molar-refractivity contribution in [2.24, 2.45) is 7.05 Å². The van der Waals surface area contributed by atoms with Crippen LogP contribution in [0, 0.1) is 5.82 Å². The number of carbonyl (C=O) groups excluding carboxylic acids is 1. The molecule has 0 atom stereocenters. The maximum atomic E-state index is 12.9. The first kappa shape index (κ1) is 19.0. The van der Waals surface area contributed by atoms with E-state index in [4.69, 9.17) is 4.74 Å². The Morgan fingerprint density at radius 2 is 1.83 bits per heavy atom. The highest BCUT2D eigenvalue weighted by Crippen LogP contribution is 2.23. The first-order chi connectivity index (χ1) is 14.1. The molecule has 1 saturated carbocycles. The van der Waals surface area contributed by atoms with Gasteiger partial charge in [-0.25, -0.2) is 14.4 Å². The molecule has 7 nitrogen and oxygen atoms in total. The minimum atomic E-state index is -0.491. The molecule has 0 spiro atoms. The van der Waals surface area contributed by atoms with E-state index in [1.54, 1.807) is 11.7 Å². The summed E-state index contributed by atoms with van der Waals surface area (Å²) in [4.78, 5) is 20.4. The van der Waals surface area contributed by atoms with Crippen LogP contribution in [0.2, 0.25) is 0 Å². The van der Waals surface area contributed by atoms with Gasteiger partial charge in [0.05, 0.1) is 18.1 Å². The van der Waals surface area contributed by atoms with Crippen molar-refractivity contribution in [2.75, 3.05) is 0 Å². The first-order valence-electron chi connectivity index (χ1n) is 9.63. The van der Waals surface area contributed by atoms with Crippen molar-refractivity contribution >= 4 is 5.91 Å². The van der Waals surface area contributed by atoms with Crippen molar-refractivity contribution in [1.82, 2.24) is 25.1 Å². The number of carbonyl (C=O) groups is 1. The van der Waals surface area contributed by atoms with Gasteiger partial charge >= 0.3 is 6.01 Å². The molecular weight excluding hydrogens is 373 g/mol. The molecular formula is C21H22FN5O2. The predicted molar refractivity (Wildman–Crippen MR) is 105 cm³/mol. The maximum Gasteiger partial charge on any atom is 0.316 e. The number of rotatable bonds is 5. The van der Waals surface area contributed by atoms with E-state index >= 15 is 0 Å². The van der Waals surface area contributed by atoms with Crippen molar-refractivity contribution < 1.29 is 13.9 Å². The number of aryl methyl sites for hydroxylation is 1. The van der Waals surface area contributed by atoms with Crippen LogP contribution in [0.15, 0.2) is 48.8 Å². The smallest absolute Gasteiger partial charge is 0.316 e. The molecule has 8 heteroatoms. The monoisotopic (exact) mass is 395 g/mol. The molecule has 4 rings (SSSR count). The normalized spacial score (nSPS) is 19.0. The lowest BCUT2D eigenvalue weighted by atomic mass is 9.93. The van der Waals surface area contributed by atoms with E-state index in [0.717, 1.165) is 49.3 Å². The molecule has 29 heavy (non-hydrogen) atoms. The third-order valence-electron chi connectivity index (χ3n) is 5.06. The lowest BCUT2D eigenvalue weighted by Crippen LogP contribution is -2.40. The van der Waals surface area contributed by atoms with Crippen LogP contribution in [-0.2, 0) is 7.05 Å². The topological polar surface area (TPSA) is 81.9 Å². The Hall–Kier alpha value is -3.29. The molecule has 1 aliphatic carbocycles. The summed E-state index contributed by atoms with van der Waals surface area (Å²) >= 11 is 0. The lowest BCUT2D eigenvalue weighted by molar-refractivity contribution is 0.0876. The third-order valence-corrected chi connectivity index (χ3v) is 5.06. The standard InChI is InChI=1S/C21H22FN5O2/c1-27-19(11-18(26-27)14-5-3-2-4-6-14)20(28)25-16-7-9-17(10-8-16)29-21-23-12-15(22)13-24-21/h2-6,11-13,16-17H,7-10H2,1H3,(H,25,28). The zero-order valence-corrected chi connectivity index (χ0v) is 16.1. The number of hydrogen-bond donors (Lipinski definition) is 1. The van der Waals surface area contributed by atoms with Crippen LogP contribution in [0.4, 0.5) is 4.39 Å². The third kappa shape index (κ3) is 4.59. The van der Waals surface area contributed by atoms with E-state index in [1.807, 2.05) is 36.4 Å². The van der Waals surface area contributed by atoms with Gasteiger partial charge in [-0.3, -0.25) is 9.48 Å². The summed E-state index contributed by atoms with van der Waals surface area (Å²) < 4.78 is 20.2. The van der Waals surface area contributed by atoms with Gasteiger partial charge in [0.2, 0.25) is 0 Å². The molecule has 1 aliphatic rings. The average Bonchev–Trinajstić information content (AvgIpc) is 3.14. The lowest BCUT2D eigenvalue weighted by Gasteiger charge is -2.28. The molecule has 2 aromatic heterocycles. The van der Waals surface area contributed by atoms with Crippen molar-refractivity contribution in [3.05, 3.63) is 60.3 Å². The Morgan fingerprint density at radius 3 is 2.52 bits per heavy atom. The van der Waals surface area contributed by atoms with E-state index in [0.29, 0.717) is 5.69 Å². The molecule has 2 heterocycles. The van der Waals surface area contributed by atoms with Gasteiger partial charge in [-0.05, 0) is 31.7 Å². The minimum absolute atomic E-state index is 0.0324. The Morgan fingerprint density at radius 1 is 1.14 bits per heavy atom. The number of hydrogen-bond acceptors (Lipinski definition) is 5. The first-order valence-corrected chi connectivity index (χ1v) is 9.63. The van der Waals surface area contributed by atoms with Crippen LogP contribution in [0.3, 0.4) is 0 Å². The number of nitrogens with zero attached hydrogens (tertiary/aromatic N) is 4. The van der Waals surface area contributed by atoms with Crippen LogP contribution in [-0.4, -0.2) is 37.8 Å². The molecule has 150 valence electrons. The van der Waals surface area contributed by atoms with Gasteiger partial charge in [-0.1, -0.05) is 30.3 Å². The summed E-state index contributed by atoms with van der Waals surface area (Å²) in [5, 5.41) is 7.55. The molecule has 0 saturated heterocycles. The number of ether oxygens (including phenoxy) is 1. The van der Waals surface area contributed by atoms with Gasteiger partial charge in [0.15, 0.2) is 5.82 Å². The largest absolute Gasteiger partial charge is 0.460 e. The van der Waals surface area contributed by atoms with Gasteiger partial charge < -0.3 is 10.1 Å². The van der Waals surface area contributed by atoms with Crippen molar-refractivity contribution in [1.29, 1.82) is 0 Å². The summed E-state index contributed by atoms with van der Waals surface area (Å²) in [7, 11) is 1.77. The molecule has 0 bridgehead atoms. The van der Waals surface area contributed by atoms with E-state index < -0.39 is 5.82 Å². The minimum Gasteiger partial charge on any atom is -0.460 e. The van der Waals surface area contributed by atoms with E-state index in [2.05, 4.69) is 20.4 Å². The molecule has 1 amide bonds. The molecule has 1 N–H and O–H groups in total. The van der Waals surface area contributed by atoms with Gasteiger partial charge in [-0.2, -0.15) is 5.10 Å².